The fraction of sp³-hybridized carbons (Fsp3) is 0.875. The summed E-state index contributed by atoms with van der Waals surface area (Å²) in [5.41, 5.74) is 0. The van der Waals surface area contributed by atoms with Crippen molar-refractivity contribution < 1.29 is 19.0 Å². The lowest BCUT2D eigenvalue weighted by atomic mass is 10.2. The quantitative estimate of drug-likeness (QED) is 0.329. The molecule has 0 bridgehead atoms. The summed E-state index contributed by atoms with van der Waals surface area (Å²) in [5, 5.41) is 0. The van der Waals surface area contributed by atoms with Gasteiger partial charge in [0, 0.05) is 20.1 Å². The summed E-state index contributed by atoms with van der Waals surface area (Å²) in [7, 11) is 2.97. The molecule has 0 saturated heterocycles. The molecule has 0 aliphatic carbocycles. The number of carbonyl (C=O) groups excluding carboxylic acids is 1. The standard InChI is InChI=1S/C8H16O4/c1-10-7-12-6-4-3-5-8(9)11-2/h3-7H2,1-2H3. The molecular weight excluding hydrogens is 160 g/mol. The second kappa shape index (κ2) is 8.49. The van der Waals surface area contributed by atoms with E-state index in [9.17, 15) is 4.79 Å². The van der Waals surface area contributed by atoms with Crippen LogP contribution in [0.5, 0.6) is 0 Å². The van der Waals surface area contributed by atoms with Crippen LogP contribution in [-0.4, -0.2) is 33.6 Å². The largest absolute Gasteiger partial charge is 0.469 e. The Balaban J connectivity index is 2.95. The molecule has 4 nitrogen and oxygen atoms in total. The van der Waals surface area contributed by atoms with Gasteiger partial charge in [-0.1, -0.05) is 0 Å². The Morgan fingerprint density at radius 1 is 1.25 bits per heavy atom. The van der Waals surface area contributed by atoms with Crippen molar-refractivity contribution in [2.24, 2.45) is 0 Å². The lowest BCUT2D eigenvalue weighted by Crippen LogP contribution is -2.02. The Morgan fingerprint density at radius 3 is 2.58 bits per heavy atom. The Hall–Kier alpha value is -0.610. The number of hydrogen-bond acceptors (Lipinski definition) is 4. The zero-order valence-corrected chi connectivity index (χ0v) is 7.67. The topological polar surface area (TPSA) is 44.8 Å². The van der Waals surface area contributed by atoms with Crippen LogP contribution in [0, 0.1) is 0 Å². The van der Waals surface area contributed by atoms with E-state index in [1.165, 1.54) is 7.11 Å². The summed E-state index contributed by atoms with van der Waals surface area (Å²) < 4.78 is 14.2. The van der Waals surface area contributed by atoms with Gasteiger partial charge in [-0.05, 0) is 12.8 Å². The molecule has 0 atom stereocenters. The first-order chi connectivity index (χ1) is 5.81. The third-order valence-corrected chi connectivity index (χ3v) is 1.35. The fourth-order valence-electron chi connectivity index (χ4n) is 0.718. The highest BCUT2D eigenvalue weighted by molar-refractivity contribution is 5.68. The first-order valence-electron chi connectivity index (χ1n) is 3.94. The Bertz CT molecular complexity index is 114. The molecule has 0 aliphatic rings. The van der Waals surface area contributed by atoms with Crippen molar-refractivity contribution in [1.29, 1.82) is 0 Å². The highest BCUT2D eigenvalue weighted by Gasteiger charge is 1.98. The summed E-state index contributed by atoms with van der Waals surface area (Å²) in [6.07, 6.45) is 2.13. The molecule has 72 valence electrons. The van der Waals surface area contributed by atoms with E-state index in [0.717, 1.165) is 12.8 Å². The maximum atomic E-state index is 10.6. The minimum Gasteiger partial charge on any atom is -0.469 e. The first kappa shape index (κ1) is 11.4. The van der Waals surface area contributed by atoms with Crippen LogP contribution in [0.3, 0.4) is 0 Å². The lowest BCUT2D eigenvalue weighted by molar-refractivity contribution is -0.140. The van der Waals surface area contributed by atoms with E-state index in [1.54, 1.807) is 7.11 Å². The van der Waals surface area contributed by atoms with Crippen molar-refractivity contribution >= 4 is 5.97 Å². The summed E-state index contributed by atoms with van der Waals surface area (Å²) >= 11 is 0. The van der Waals surface area contributed by atoms with Gasteiger partial charge in [0.15, 0.2) is 0 Å². The van der Waals surface area contributed by atoms with Gasteiger partial charge in [0.25, 0.3) is 0 Å². The second-order valence-corrected chi connectivity index (χ2v) is 2.35. The van der Waals surface area contributed by atoms with Crippen molar-refractivity contribution in [1.82, 2.24) is 0 Å². The highest BCUT2D eigenvalue weighted by Crippen LogP contribution is 1.97. The Morgan fingerprint density at radius 2 is 2.00 bits per heavy atom. The normalized spacial score (nSPS) is 9.83. The number of methoxy groups -OCH3 is 2. The van der Waals surface area contributed by atoms with Crippen LogP contribution < -0.4 is 0 Å². The summed E-state index contributed by atoms with van der Waals surface area (Å²) in [5.74, 6) is -0.165. The molecule has 0 rings (SSSR count). The van der Waals surface area contributed by atoms with Crippen molar-refractivity contribution in [2.45, 2.75) is 19.3 Å². The molecule has 4 heteroatoms. The van der Waals surface area contributed by atoms with E-state index in [2.05, 4.69) is 9.47 Å². The molecular formula is C8H16O4. The van der Waals surface area contributed by atoms with Crippen LogP contribution in [0.1, 0.15) is 19.3 Å². The molecule has 0 N–H and O–H groups in total. The molecule has 0 aromatic carbocycles. The van der Waals surface area contributed by atoms with Gasteiger partial charge in [0.1, 0.15) is 6.79 Å². The third-order valence-electron chi connectivity index (χ3n) is 1.35. The second-order valence-electron chi connectivity index (χ2n) is 2.35. The van der Waals surface area contributed by atoms with Crippen LogP contribution in [0.15, 0.2) is 0 Å². The average molecular weight is 176 g/mol. The Kier molecular flexibility index (Phi) is 8.05. The van der Waals surface area contributed by atoms with Gasteiger partial charge in [0.2, 0.25) is 0 Å². The fourth-order valence-corrected chi connectivity index (χ4v) is 0.718. The van der Waals surface area contributed by atoms with Crippen molar-refractivity contribution in [3.63, 3.8) is 0 Å². The number of esters is 1. The van der Waals surface area contributed by atoms with E-state index in [0.29, 0.717) is 19.8 Å². The molecule has 0 spiro atoms. The number of hydrogen-bond donors (Lipinski definition) is 0. The van der Waals surface area contributed by atoms with Gasteiger partial charge < -0.3 is 14.2 Å². The van der Waals surface area contributed by atoms with E-state index in [4.69, 9.17) is 4.74 Å². The average Bonchev–Trinajstić information content (AvgIpc) is 2.10. The van der Waals surface area contributed by atoms with Gasteiger partial charge in [-0.15, -0.1) is 0 Å². The van der Waals surface area contributed by atoms with Crippen LogP contribution in [-0.2, 0) is 19.0 Å². The van der Waals surface area contributed by atoms with E-state index in [-0.39, 0.29) is 5.97 Å². The van der Waals surface area contributed by atoms with Gasteiger partial charge in [0.05, 0.1) is 7.11 Å². The molecule has 0 fully saturated rings. The molecule has 0 unspecified atom stereocenters. The maximum absolute atomic E-state index is 10.6. The van der Waals surface area contributed by atoms with E-state index >= 15 is 0 Å². The van der Waals surface area contributed by atoms with Crippen molar-refractivity contribution in [2.75, 3.05) is 27.6 Å². The van der Waals surface area contributed by atoms with Gasteiger partial charge in [-0.2, -0.15) is 0 Å². The molecule has 12 heavy (non-hydrogen) atoms. The smallest absolute Gasteiger partial charge is 0.305 e. The number of ether oxygens (including phenoxy) is 3. The SMILES string of the molecule is COCOCCCCC(=O)OC. The number of rotatable bonds is 7. The first-order valence-corrected chi connectivity index (χ1v) is 3.94. The zero-order valence-electron chi connectivity index (χ0n) is 7.67. The number of carbonyl (C=O) groups is 1. The monoisotopic (exact) mass is 176 g/mol. The molecule has 0 aromatic rings. The lowest BCUT2D eigenvalue weighted by Gasteiger charge is -2.01. The maximum Gasteiger partial charge on any atom is 0.305 e. The van der Waals surface area contributed by atoms with Crippen molar-refractivity contribution in [3.05, 3.63) is 0 Å². The third kappa shape index (κ3) is 7.50. The predicted octanol–water partition coefficient (Wildman–Crippen LogP) is 0.950. The van der Waals surface area contributed by atoms with Crippen LogP contribution in [0.4, 0.5) is 0 Å². The molecule has 0 aliphatic heterocycles. The van der Waals surface area contributed by atoms with Crippen LogP contribution in [0.2, 0.25) is 0 Å². The molecule has 0 saturated carbocycles. The predicted molar refractivity (Wildman–Crippen MR) is 43.7 cm³/mol. The highest BCUT2D eigenvalue weighted by atomic mass is 16.7. The van der Waals surface area contributed by atoms with E-state index < -0.39 is 0 Å². The molecule has 0 amide bonds. The molecule has 0 heterocycles. The number of unbranched alkanes of at least 4 members (excludes halogenated alkanes) is 1. The van der Waals surface area contributed by atoms with E-state index in [1.807, 2.05) is 0 Å². The summed E-state index contributed by atoms with van der Waals surface area (Å²) in [6.45, 7) is 0.947. The summed E-state index contributed by atoms with van der Waals surface area (Å²) in [4.78, 5) is 10.6. The van der Waals surface area contributed by atoms with Crippen molar-refractivity contribution in [3.8, 4) is 0 Å². The Labute approximate surface area is 72.8 Å². The molecule has 0 radical (unpaired) electrons. The zero-order chi connectivity index (χ0) is 9.23. The summed E-state index contributed by atoms with van der Waals surface area (Å²) in [6, 6.07) is 0. The van der Waals surface area contributed by atoms with Crippen LogP contribution >= 0.6 is 0 Å². The van der Waals surface area contributed by atoms with Gasteiger partial charge in [-0.25, -0.2) is 0 Å². The molecule has 0 aromatic heterocycles. The van der Waals surface area contributed by atoms with Crippen LogP contribution in [0.25, 0.3) is 0 Å². The minimum absolute atomic E-state index is 0.165. The minimum atomic E-state index is -0.165. The van der Waals surface area contributed by atoms with Gasteiger partial charge >= 0.3 is 5.97 Å². The van der Waals surface area contributed by atoms with Gasteiger partial charge in [-0.3, -0.25) is 4.79 Å².